The van der Waals surface area contributed by atoms with Gasteiger partial charge in [-0.05, 0) is 60.9 Å². The molecule has 0 fully saturated rings. The normalized spacial score (nSPS) is 13.7. The Bertz CT molecular complexity index is 1030. The van der Waals surface area contributed by atoms with Crippen molar-refractivity contribution in [1.82, 2.24) is 0 Å². The van der Waals surface area contributed by atoms with Crippen LogP contribution in [0.4, 0.5) is 17.6 Å². The zero-order valence-corrected chi connectivity index (χ0v) is 17.1. The third-order valence-electron chi connectivity index (χ3n) is 5.05. The number of methoxy groups -OCH3 is 1. The number of ether oxygens (including phenoxy) is 2. The van der Waals surface area contributed by atoms with E-state index in [9.17, 15) is 17.6 Å². The Kier molecular flexibility index (Phi) is 6.68. The van der Waals surface area contributed by atoms with Crippen LogP contribution in [0.2, 0.25) is 0 Å². The van der Waals surface area contributed by atoms with E-state index < -0.39 is 17.4 Å². The molecule has 1 atom stereocenters. The first-order valence-electron chi connectivity index (χ1n) is 9.63. The summed E-state index contributed by atoms with van der Waals surface area (Å²) in [7, 11) is 1.45. The van der Waals surface area contributed by atoms with Crippen molar-refractivity contribution in [1.29, 1.82) is 0 Å². The molecule has 6 heteroatoms. The van der Waals surface area contributed by atoms with Crippen molar-refractivity contribution in [2.75, 3.05) is 7.11 Å². The Morgan fingerprint density at radius 2 is 1.55 bits per heavy atom. The minimum absolute atomic E-state index is 0.0193. The minimum Gasteiger partial charge on any atom is -0.497 e. The molecule has 0 heterocycles. The Labute approximate surface area is 178 Å². The van der Waals surface area contributed by atoms with Crippen molar-refractivity contribution in [2.24, 2.45) is 0 Å². The summed E-state index contributed by atoms with van der Waals surface area (Å²) in [6.07, 6.45) is -1.73. The SMILES string of the molecule is COc1ccc(C(C)(C=CCc2ccc(F)c(Oc3ccccc3)c2)C(F)(F)F)cc1. The molecule has 2 nitrogen and oxygen atoms in total. The number of hydrogen-bond acceptors (Lipinski definition) is 2. The molecule has 0 radical (unpaired) electrons. The fraction of sp³-hybridized carbons (Fsp3) is 0.200. The van der Waals surface area contributed by atoms with Crippen molar-refractivity contribution in [2.45, 2.75) is 24.9 Å². The van der Waals surface area contributed by atoms with Gasteiger partial charge in [-0.3, -0.25) is 0 Å². The van der Waals surface area contributed by atoms with Gasteiger partial charge in [-0.25, -0.2) is 4.39 Å². The summed E-state index contributed by atoms with van der Waals surface area (Å²) >= 11 is 0. The standard InChI is InChI=1S/C25H22F4O2/c1-24(25(27,28)29,19-11-13-20(30-2)14-12-19)16-6-7-18-10-15-22(26)23(17-18)31-21-8-4-3-5-9-21/h3-6,8-17H,7H2,1-2H3. The largest absolute Gasteiger partial charge is 0.497 e. The highest BCUT2D eigenvalue weighted by atomic mass is 19.4. The Morgan fingerprint density at radius 1 is 0.871 bits per heavy atom. The fourth-order valence-electron chi connectivity index (χ4n) is 3.09. The maximum atomic E-state index is 14.1. The van der Waals surface area contributed by atoms with Crippen LogP contribution in [-0.4, -0.2) is 13.3 Å². The molecule has 0 aliphatic heterocycles. The second-order valence-electron chi connectivity index (χ2n) is 7.21. The fourth-order valence-corrected chi connectivity index (χ4v) is 3.09. The number of halogens is 4. The maximum absolute atomic E-state index is 14.1. The van der Waals surface area contributed by atoms with Crippen LogP contribution in [0.15, 0.2) is 84.9 Å². The van der Waals surface area contributed by atoms with E-state index in [0.717, 1.165) is 13.0 Å². The summed E-state index contributed by atoms with van der Waals surface area (Å²) in [6, 6.07) is 18.8. The number of allylic oxidation sites excluding steroid dienone is 2. The van der Waals surface area contributed by atoms with Crippen molar-refractivity contribution in [3.63, 3.8) is 0 Å². The van der Waals surface area contributed by atoms with Crippen molar-refractivity contribution in [3.05, 3.63) is 102 Å². The van der Waals surface area contributed by atoms with Crippen LogP contribution in [0.25, 0.3) is 0 Å². The van der Waals surface area contributed by atoms with Gasteiger partial charge in [-0.15, -0.1) is 0 Å². The lowest BCUT2D eigenvalue weighted by molar-refractivity contribution is -0.171. The lowest BCUT2D eigenvalue weighted by atomic mass is 9.81. The number of benzene rings is 3. The predicted molar refractivity (Wildman–Crippen MR) is 112 cm³/mol. The second-order valence-corrected chi connectivity index (χ2v) is 7.21. The molecule has 0 bridgehead atoms. The summed E-state index contributed by atoms with van der Waals surface area (Å²) in [5, 5.41) is 0. The molecule has 1 unspecified atom stereocenters. The third-order valence-corrected chi connectivity index (χ3v) is 5.05. The van der Waals surface area contributed by atoms with E-state index in [1.807, 2.05) is 6.07 Å². The molecule has 0 saturated carbocycles. The monoisotopic (exact) mass is 430 g/mol. The molecular weight excluding hydrogens is 408 g/mol. The van der Waals surface area contributed by atoms with Gasteiger partial charge >= 0.3 is 6.18 Å². The number of alkyl halides is 3. The molecule has 3 aromatic rings. The molecule has 0 aromatic heterocycles. The van der Waals surface area contributed by atoms with E-state index >= 15 is 0 Å². The van der Waals surface area contributed by atoms with Crippen LogP contribution < -0.4 is 9.47 Å². The van der Waals surface area contributed by atoms with Crippen LogP contribution in [0.1, 0.15) is 18.1 Å². The Balaban J connectivity index is 1.81. The van der Waals surface area contributed by atoms with Gasteiger partial charge in [0.2, 0.25) is 0 Å². The summed E-state index contributed by atoms with van der Waals surface area (Å²) < 4.78 is 66.4. The number of para-hydroxylation sites is 1. The molecule has 0 aliphatic rings. The molecule has 3 rings (SSSR count). The van der Waals surface area contributed by atoms with E-state index in [1.54, 1.807) is 24.3 Å². The van der Waals surface area contributed by atoms with Gasteiger partial charge in [0.25, 0.3) is 0 Å². The van der Waals surface area contributed by atoms with Gasteiger partial charge in [0.15, 0.2) is 11.6 Å². The van der Waals surface area contributed by atoms with Gasteiger partial charge < -0.3 is 9.47 Å². The number of rotatable bonds is 7. The van der Waals surface area contributed by atoms with Crippen LogP contribution in [-0.2, 0) is 11.8 Å². The molecule has 0 aliphatic carbocycles. The Hall–Kier alpha value is -3.28. The highest BCUT2D eigenvalue weighted by Gasteiger charge is 2.50. The van der Waals surface area contributed by atoms with Gasteiger partial charge in [0.05, 0.1) is 7.11 Å². The zero-order valence-electron chi connectivity index (χ0n) is 17.1. The predicted octanol–water partition coefficient (Wildman–Crippen LogP) is 7.25. The lowest BCUT2D eigenvalue weighted by Crippen LogP contribution is -2.37. The van der Waals surface area contributed by atoms with Crippen molar-refractivity contribution >= 4 is 0 Å². The summed E-state index contributed by atoms with van der Waals surface area (Å²) in [4.78, 5) is 0. The zero-order chi connectivity index (χ0) is 22.5. The summed E-state index contributed by atoms with van der Waals surface area (Å²) in [5.41, 5.74) is -1.45. The summed E-state index contributed by atoms with van der Waals surface area (Å²) in [6.45, 7) is 1.12. The van der Waals surface area contributed by atoms with Crippen LogP contribution >= 0.6 is 0 Å². The minimum atomic E-state index is -4.50. The topological polar surface area (TPSA) is 18.5 Å². The maximum Gasteiger partial charge on any atom is 0.401 e. The van der Waals surface area contributed by atoms with Crippen molar-refractivity contribution in [3.8, 4) is 17.2 Å². The first kappa shape index (κ1) is 22.4. The first-order valence-corrected chi connectivity index (χ1v) is 9.63. The van der Waals surface area contributed by atoms with Crippen LogP contribution in [0.5, 0.6) is 17.2 Å². The average Bonchev–Trinajstić information content (AvgIpc) is 2.76. The van der Waals surface area contributed by atoms with Crippen LogP contribution in [0, 0.1) is 5.82 Å². The summed E-state index contributed by atoms with van der Waals surface area (Å²) in [5.74, 6) is 0.425. The Morgan fingerprint density at radius 3 is 2.16 bits per heavy atom. The molecule has 162 valence electrons. The van der Waals surface area contributed by atoms with Gasteiger partial charge in [-0.1, -0.05) is 48.6 Å². The molecule has 3 aromatic carbocycles. The number of hydrogen-bond donors (Lipinski definition) is 0. The highest BCUT2D eigenvalue weighted by Crippen LogP contribution is 2.42. The van der Waals surface area contributed by atoms with E-state index in [1.165, 1.54) is 55.7 Å². The molecule has 0 saturated heterocycles. The van der Waals surface area contributed by atoms with Crippen molar-refractivity contribution < 1.29 is 27.0 Å². The average molecular weight is 430 g/mol. The lowest BCUT2D eigenvalue weighted by Gasteiger charge is -2.29. The van der Waals surface area contributed by atoms with E-state index in [4.69, 9.17) is 9.47 Å². The molecular formula is C25H22F4O2. The van der Waals surface area contributed by atoms with E-state index in [-0.39, 0.29) is 17.7 Å². The van der Waals surface area contributed by atoms with Gasteiger partial charge in [-0.2, -0.15) is 13.2 Å². The highest BCUT2D eigenvalue weighted by molar-refractivity contribution is 5.38. The third kappa shape index (κ3) is 5.26. The van der Waals surface area contributed by atoms with Gasteiger partial charge in [0.1, 0.15) is 16.9 Å². The van der Waals surface area contributed by atoms with E-state index in [0.29, 0.717) is 17.1 Å². The first-order chi connectivity index (χ1) is 14.7. The quantitative estimate of drug-likeness (QED) is 0.290. The van der Waals surface area contributed by atoms with Crippen LogP contribution in [0.3, 0.4) is 0 Å². The smallest absolute Gasteiger partial charge is 0.401 e. The van der Waals surface area contributed by atoms with E-state index in [2.05, 4.69) is 0 Å². The molecule has 0 amide bonds. The molecule has 0 N–H and O–H groups in total. The van der Waals surface area contributed by atoms with Gasteiger partial charge in [0, 0.05) is 0 Å². The molecule has 31 heavy (non-hydrogen) atoms. The second kappa shape index (κ2) is 9.25. The molecule has 0 spiro atoms.